The minimum atomic E-state index is -0.230. The summed E-state index contributed by atoms with van der Waals surface area (Å²) in [5.41, 5.74) is 2.23. The van der Waals surface area contributed by atoms with Crippen molar-refractivity contribution in [3.8, 4) is 17.1 Å². The monoisotopic (exact) mass is 419 g/mol. The summed E-state index contributed by atoms with van der Waals surface area (Å²) in [5.74, 6) is 1.12. The van der Waals surface area contributed by atoms with Gasteiger partial charge in [-0.25, -0.2) is 0 Å². The Kier molecular flexibility index (Phi) is 6.99. The fraction of sp³-hybridized carbons (Fsp3) is 0.360. The van der Waals surface area contributed by atoms with Crippen molar-refractivity contribution >= 4 is 5.91 Å². The number of carbonyl (C=O) groups is 1. The lowest BCUT2D eigenvalue weighted by molar-refractivity contribution is 0.0911. The molecule has 0 bridgehead atoms. The van der Waals surface area contributed by atoms with E-state index in [4.69, 9.17) is 9.26 Å². The van der Waals surface area contributed by atoms with E-state index >= 15 is 0 Å². The van der Waals surface area contributed by atoms with Gasteiger partial charge in [-0.1, -0.05) is 41.9 Å². The quantitative estimate of drug-likeness (QED) is 0.573. The molecule has 2 aromatic carbocycles. The van der Waals surface area contributed by atoms with E-state index in [1.165, 1.54) is 19.3 Å². The van der Waals surface area contributed by atoms with Crippen LogP contribution in [0.4, 0.5) is 0 Å². The van der Waals surface area contributed by atoms with Crippen LogP contribution in [0.3, 0.4) is 0 Å². The van der Waals surface area contributed by atoms with Crippen LogP contribution < -0.4 is 10.1 Å². The number of benzene rings is 2. The Hall–Kier alpha value is -3.12. The summed E-state index contributed by atoms with van der Waals surface area (Å²) in [6.07, 6.45) is 3.71. The van der Waals surface area contributed by atoms with Crippen LogP contribution in [0.25, 0.3) is 11.3 Å². The number of piperidine rings is 1. The molecule has 1 fully saturated rings. The molecule has 1 atom stereocenters. The number of aromatic nitrogens is 1. The van der Waals surface area contributed by atoms with Gasteiger partial charge in [0, 0.05) is 18.2 Å². The Bertz CT molecular complexity index is 963. The zero-order valence-corrected chi connectivity index (χ0v) is 17.9. The highest BCUT2D eigenvalue weighted by Crippen LogP contribution is 2.24. The number of hydrogen-bond donors (Lipinski definition) is 1. The molecule has 1 amide bonds. The maximum Gasteiger partial charge on any atom is 0.274 e. The van der Waals surface area contributed by atoms with Crippen LogP contribution in [0.1, 0.15) is 48.3 Å². The summed E-state index contributed by atoms with van der Waals surface area (Å²) in [4.78, 5) is 15.4. The molecule has 4 rings (SSSR count). The first-order valence-corrected chi connectivity index (χ1v) is 11.0. The smallest absolute Gasteiger partial charge is 0.274 e. The summed E-state index contributed by atoms with van der Waals surface area (Å²) in [6, 6.07) is 19.3. The van der Waals surface area contributed by atoms with E-state index in [-0.39, 0.29) is 17.6 Å². The maximum atomic E-state index is 13.0. The predicted octanol–water partition coefficient (Wildman–Crippen LogP) is 4.70. The van der Waals surface area contributed by atoms with Crippen LogP contribution in [0.5, 0.6) is 5.75 Å². The van der Waals surface area contributed by atoms with Crippen molar-refractivity contribution in [1.82, 2.24) is 15.4 Å². The van der Waals surface area contributed by atoms with Crippen LogP contribution in [-0.2, 0) is 0 Å². The average Bonchev–Trinajstić information content (AvgIpc) is 3.31. The van der Waals surface area contributed by atoms with E-state index in [1.54, 1.807) is 6.07 Å². The van der Waals surface area contributed by atoms with E-state index in [2.05, 4.69) is 27.5 Å². The molecular formula is C25H29N3O3. The van der Waals surface area contributed by atoms with Crippen molar-refractivity contribution in [2.45, 2.75) is 32.2 Å². The predicted molar refractivity (Wildman–Crippen MR) is 120 cm³/mol. The molecule has 6 heteroatoms. The van der Waals surface area contributed by atoms with Gasteiger partial charge in [0.1, 0.15) is 5.75 Å². The van der Waals surface area contributed by atoms with Gasteiger partial charge in [-0.15, -0.1) is 0 Å². The van der Waals surface area contributed by atoms with Crippen LogP contribution in [0.15, 0.2) is 65.2 Å². The molecule has 2 heterocycles. The van der Waals surface area contributed by atoms with Gasteiger partial charge in [0.05, 0.1) is 12.6 Å². The lowest BCUT2D eigenvalue weighted by atomic mass is 10.0. The van der Waals surface area contributed by atoms with Crippen molar-refractivity contribution in [2.75, 3.05) is 26.2 Å². The number of amides is 1. The van der Waals surface area contributed by atoms with Gasteiger partial charge in [0.25, 0.3) is 5.91 Å². The van der Waals surface area contributed by atoms with Gasteiger partial charge < -0.3 is 19.5 Å². The van der Waals surface area contributed by atoms with E-state index in [9.17, 15) is 4.79 Å². The van der Waals surface area contributed by atoms with Gasteiger partial charge in [0.15, 0.2) is 11.5 Å². The van der Waals surface area contributed by atoms with E-state index in [1.807, 2.05) is 49.4 Å². The summed E-state index contributed by atoms with van der Waals surface area (Å²) < 4.78 is 10.9. The van der Waals surface area contributed by atoms with E-state index in [0.29, 0.717) is 12.4 Å². The lowest BCUT2D eigenvalue weighted by Gasteiger charge is -2.31. The molecule has 1 unspecified atom stereocenters. The highest BCUT2D eigenvalue weighted by molar-refractivity contribution is 5.93. The molecule has 3 aromatic rings. The molecule has 1 N–H and O–H groups in total. The van der Waals surface area contributed by atoms with Gasteiger partial charge in [-0.05, 0) is 62.7 Å². The number of carbonyl (C=O) groups excluding carboxylic acids is 1. The fourth-order valence-electron chi connectivity index (χ4n) is 3.95. The number of ether oxygens (including phenoxy) is 1. The van der Waals surface area contributed by atoms with Crippen LogP contribution >= 0.6 is 0 Å². The maximum absolute atomic E-state index is 13.0. The first-order valence-electron chi connectivity index (χ1n) is 11.0. The molecular weight excluding hydrogens is 390 g/mol. The number of hydrogen-bond acceptors (Lipinski definition) is 5. The molecule has 162 valence electrons. The first kappa shape index (κ1) is 21.1. The van der Waals surface area contributed by atoms with Gasteiger partial charge in [0.2, 0.25) is 0 Å². The third-order valence-electron chi connectivity index (χ3n) is 5.59. The fourth-order valence-corrected chi connectivity index (χ4v) is 3.95. The number of nitrogens with zero attached hydrogens (tertiary/aromatic N) is 2. The normalized spacial score (nSPS) is 15.4. The van der Waals surface area contributed by atoms with E-state index < -0.39 is 0 Å². The molecule has 0 radical (unpaired) electrons. The van der Waals surface area contributed by atoms with Gasteiger partial charge in [-0.3, -0.25) is 4.79 Å². The standard InChI is InChI=1S/C25H29N3O3/c1-2-30-21-13-11-20(12-14-21)24-17-22(27-31-24)25(29)26-23(19-9-5-3-6-10-19)18-28-15-7-4-8-16-28/h3,5-6,9-14,17,23H,2,4,7-8,15-16,18H2,1H3,(H,26,29). The molecule has 0 spiro atoms. The Morgan fingerprint density at radius 1 is 1.10 bits per heavy atom. The second kappa shape index (κ2) is 10.3. The van der Waals surface area contributed by atoms with Gasteiger partial charge >= 0.3 is 0 Å². The van der Waals surface area contributed by atoms with Gasteiger partial charge in [-0.2, -0.15) is 0 Å². The molecule has 0 saturated carbocycles. The molecule has 1 saturated heterocycles. The minimum absolute atomic E-state index is 0.0996. The van der Waals surface area contributed by atoms with Crippen LogP contribution in [0.2, 0.25) is 0 Å². The number of nitrogens with one attached hydrogen (secondary N) is 1. The molecule has 31 heavy (non-hydrogen) atoms. The SMILES string of the molecule is CCOc1ccc(-c2cc(C(=O)NC(CN3CCCCC3)c3ccccc3)no2)cc1. The molecule has 1 aromatic heterocycles. The minimum Gasteiger partial charge on any atom is -0.494 e. The lowest BCUT2D eigenvalue weighted by Crippen LogP contribution is -2.40. The third-order valence-corrected chi connectivity index (χ3v) is 5.59. The molecule has 1 aliphatic heterocycles. The second-order valence-electron chi connectivity index (χ2n) is 7.83. The highest BCUT2D eigenvalue weighted by Gasteiger charge is 2.22. The van der Waals surface area contributed by atoms with Crippen molar-refractivity contribution in [3.63, 3.8) is 0 Å². The first-order chi connectivity index (χ1) is 15.2. The summed E-state index contributed by atoms with van der Waals surface area (Å²) in [6.45, 7) is 5.50. The molecule has 1 aliphatic rings. The molecule has 0 aliphatic carbocycles. The Labute approximate surface area is 183 Å². The zero-order chi connectivity index (χ0) is 21.5. The summed E-state index contributed by atoms with van der Waals surface area (Å²) in [7, 11) is 0. The van der Waals surface area contributed by atoms with Crippen molar-refractivity contribution in [1.29, 1.82) is 0 Å². The topological polar surface area (TPSA) is 67.6 Å². The van der Waals surface area contributed by atoms with E-state index in [0.717, 1.165) is 36.5 Å². The Morgan fingerprint density at radius 3 is 2.55 bits per heavy atom. The summed E-state index contributed by atoms with van der Waals surface area (Å²) >= 11 is 0. The third kappa shape index (κ3) is 5.52. The van der Waals surface area contributed by atoms with Crippen molar-refractivity contribution in [2.24, 2.45) is 0 Å². The highest BCUT2D eigenvalue weighted by atomic mass is 16.5. The average molecular weight is 420 g/mol. The van der Waals surface area contributed by atoms with Crippen LogP contribution in [-0.4, -0.2) is 42.2 Å². The largest absolute Gasteiger partial charge is 0.494 e. The summed E-state index contributed by atoms with van der Waals surface area (Å²) in [5, 5.41) is 7.18. The second-order valence-corrected chi connectivity index (χ2v) is 7.83. The molecule has 6 nitrogen and oxygen atoms in total. The number of likely N-dealkylation sites (tertiary alicyclic amines) is 1. The Morgan fingerprint density at radius 2 is 1.84 bits per heavy atom. The van der Waals surface area contributed by atoms with Crippen molar-refractivity contribution < 1.29 is 14.1 Å². The van der Waals surface area contributed by atoms with Crippen LogP contribution in [0, 0.1) is 0 Å². The number of rotatable bonds is 8. The van der Waals surface area contributed by atoms with Crippen molar-refractivity contribution in [3.05, 3.63) is 71.9 Å². The Balaban J connectivity index is 1.46. The zero-order valence-electron chi connectivity index (χ0n) is 17.9.